The van der Waals surface area contributed by atoms with E-state index < -0.39 is 0 Å². The first-order valence-corrected chi connectivity index (χ1v) is 16.9. The van der Waals surface area contributed by atoms with Gasteiger partial charge in [0.1, 0.15) is 0 Å². The number of rotatable bonds is 21. The third-order valence-corrected chi connectivity index (χ3v) is 8.16. The standard InChI is InChI=1S/C35H49N3O3S.BrH/c1-3-4-5-6-7-8-9-10-11-12-13-14-15-16-25-41-34-32(29(2)39)18-17-19-33(34)37-35(40)36-31-22-20-30(21-23-31)27-38-24-26-42-28-38;/h17-24,26,28H,3-16,25,27H2,1-2H3,(H-,36,37,40);1H. The number of thiazole rings is 1. The summed E-state index contributed by atoms with van der Waals surface area (Å²) >= 11 is 1.66. The number of carbonyl (C=O) groups excluding carboxylic acids is 2. The predicted octanol–water partition coefficient (Wildman–Crippen LogP) is 6.79. The number of ketones is 1. The summed E-state index contributed by atoms with van der Waals surface area (Å²) < 4.78 is 8.20. The second-order valence-corrected chi connectivity index (χ2v) is 11.9. The molecular weight excluding hydrogens is 622 g/mol. The lowest BCUT2D eigenvalue weighted by molar-refractivity contribution is -0.683. The number of carbonyl (C=O) groups is 2. The van der Waals surface area contributed by atoms with Crippen molar-refractivity contribution in [3.63, 3.8) is 0 Å². The maximum absolute atomic E-state index is 12.8. The highest BCUT2D eigenvalue weighted by Gasteiger charge is 2.16. The predicted molar refractivity (Wildman–Crippen MR) is 175 cm³/mol. The molecule has 0 aliphatic rings. The summed E-state index contributed by atoms with van der Waals surface area (Å²) in [6.45, 7) is 5.09. The molecule has 0 saturated carbocycles. The smallest absolute Gasteiger partial charge is 0.323 e. The SMILES string of the molecule is CCCCCCCCCCCCCCCCOc1c(NC(=O)Nc2ccc(C[n+]3ccsc3)cc2)cccc1C(C)=O.[Br-]. The van der Waals surface area contributed by atoms with E-state index in [1.165, 1.54) is 84.0 Å². The van der Waals surface area contributed by atoms with E-state index in [0.29, 0.717) is 29.3 Å². The lowest BCUT2D eigenvalue weighted by Gasteiger charge is -2.16. The quantitative estimate of drug-likeness (QED) is 0.0744. The Morgan fingerprint density at radius 3 is 1.95 bits per heavy atom. The van der Waals surface area contributed by atoms with Crippen molar-refractivity contribution in [3.8, 4) is 5.75 Å². The fourth-order valence-electron chi connectivity index (χ4n) is 5.08. The number of benzene rings is 2. The van der Waals surface area contributed by atoms with Crippen LogP contribution in [0.2, 0.25) is 0 Å². The molecule has 0 atom stereocenters. The number of para-hydroxylation sites is 1. The van der Waals surface area contributed by atoms with Gasteiger partial charge in [-0.15, -0.1) is 0 Å². The minimum atomic E-state index is -0.378. The van der Waals surface area contributed by atoms with Gasteiger partial charge in [-0.3, -0.25) is 4.79 Å². The molecule has 0 bridgehead atoms. The van der Waals surface area contributed by atoms with Crippen LogP contribution in [-0.2, 0) is 6.54 Å². The zero-order valence-corrected chi connectivity index (χ0v) is 28.4. The number of urea groups is 1. The molecule has 6 nitrogen and oxygen atoms in total. The Labute approximate surface area is 273 Å². The highest BCUT2D eigenvalue weighted by Crippen LogP contribution is 2.30. The molecule has 43 heavy (non-hydrogen) atoms. The highest BCUT2D eigenvalue weighted by molar-refractivity contribution is 7.07. The van der Waals surface area contributed by atoms with Gasteiger partial charge in [0, 0.05) is 11.3 Å². The van der Waals surface area contributed by atoms with E-state index in [9.17, 15) is 9.59 Å². The number of halogens is 1. The van der Waals surface area contributed by atoms with Crippen molar-refractivity contribution >= 4 is 34.5 Å². The number of hydrogen-bond donors (Lipinski definition) is 2. The molecule has 0 unspecified atom stereocenters. The molecule has 0 aliphatic carbocycles. The van der Waals surface area contributed by atoms with E-state index >= 15 is 0 Å². The molecule has 2 aromatic carbocycles. The average Bonchev–Trinajstić information content (AvgIpc) is 3.49. The van der Waals surface area contributed by atoms with Crippen molar-refractivity contribution in [2.24, 2.45) is 0 Å². The van der Waals surface area contributed by atoms with E-state index in [-0.39, 0.29) is 28.8 Å². The number of unbranched alkanes of at least 4 members (excludes halogenated alkanes) is 13. The topological polar surface area (TPSA) is 71.3 Å². The second-order valence-electron chi connectivity index (χ2n) is 11.2. The van der Waals surface area contributed by atoms with Crippen LogP contribution in [0.15, 0.2) is 59.6 Å². The van der Waals surface area contributed by atoms with Gasteiger partial charge in [-0.1, -0.05) is 120 Å². The summed E-state index contributed by atoms with van der Waals surface area (Å²) in [6.07, 6.45) is 20.2. The summed E-state index contributed by atoms with van der Waals surface area (Å²) in [7, 11) is 0. The molecule has 0 aliphatic heterocycles. The number of ether oxygens (including phenoxy) is 1. The van der Waals surface area contributed by atoms with Crippen molar-refractivity contribution in [2.75, 3.05) is 17.2 Å². The number of Topliss-reactive ketones (excluding diaryl/α,β-unsaturated/α-hetero) is 1. The molecule has 3 rings (SSSR count). The van der Waals surface area contributed by atoms with Gasteiger partial charge in [0.15, 0.2) is 24.3 Å². The molecule has 3 aromatic rings. The van der Waals surface area contributed by atoms with Crippen LogP contribution >= 0.6 is 11.3 Å². The number of aromatic nitrogens is 1. The van der Waals surface area contributed by atoms with Crippen LogP contribution in [0.5, 0.6) is 5.75 Å². The van der Waals surface area contributed by atoms with Crippen molar-refractivity contribution in [3.05, 3.63) is 70.7 Å². The Morgan fingerprint density at radius 2 is 1.40 bits per heavy atom. The monoisotopic (exact) mass is 671 g/mol. The van der Waals surface area contributed by atoms with Gasteiger partial charge in [-0.25, -0.2) is 4.79 Å². The molecule has 8 heteroatoms. The van der Waals surface area contributed by atoms with Crippen molar-refractivity contribution < 1.29 is 35.9 Å². The number of nitrogens with zero attached hydrogens (tertiary/aromatic N) is 1. The van der Waals surface area contributed by atoms with Crippen molar-refractivity contribution in [2.45, 2.75) is 110 Å². The largest absolute Gasteiger partial charge is 1.00 e. The fourth-order valence-corrected chi connectivity index (χ4v) is 5.68. The van der Waals surface area contributed by atoms with Gasteiger partial charge in [-0.05, 0) is 37.6 Å². The third-order valence-electron chi connectivity index (χ3n) is 7.49. The molecule has 0 fully saturated rings. The van der Waals surface area contributed by atoms with E-state index in [4.69, 9.17) is 4.74 Å². The number of nitrogens with one attached hydrogen (secondary N) is 2. The maximum Gasteiger partial charge on any atom is 0.323 e. The summed E-state index contributed by atoms with van der Waals surface area (Å²) in [5, 5.41) is 7.80. The van der Waals surface area contributed by atoms with Crippen LogP contribution in [0.25, 0.3) is 0 Å². The number of hydrogen-bond acceptors (Lipinski definition) is 4. The second kappa shape index (κ2) is 21.9. The summed E-state index contributed by atoms with van der Waals surface area (Å²) in [5.41, 5.74) is 4.88. The molecule has 2 N–H and O–H groups in total. The first-order valence-electron chi connectivity index (χ1n) is 15.9. The molecule has 1 heterocycles. The summed E-state index contributed by atoms with van der Waals surface area (Å²) in [4.78, 5) is 25.1. The Balaban J connectivity index is 0.00000645. The van der Waals surface area contributed by atoms with Gasteiger partial charge in [0.05, 0.1) is 23.2 Å². The molecule has 2 amide bonds. The fraction of sp³-hybridized carbons (Fsp3) is 0.514. The van der Waals surface area contributed by atoms with Crippen LogP contribution in [0.4, 0.5) is 16.2 Å². The number of anilines is 2. The van der Waals surface area contributed by atoms with Crippen LogP contribution in [0, 0.1) is 0 Å². The Hall–Kier alpha value is -2.71. The zero-order valence-electron chi connectivity index (χ0n) is 26.0. The van der Waals surface area contributed by atoms with Gasteiger partial charge in [0.2, 0.25) is 5.51 Å². The third kappa shape index (κ3) is 14.5. The summed E-state index contributed by atoms with van der Waals surface area (Å²) in [5.74, 6) is 0.354. The van der Waals surface area contributed by atoms with E-state index in [1.54, 1.807) is 29.5 Å². The molecule has 1 aromatic heterocycles. The van der Waals surface area contributed by atoms with Gasteiger partial charge in [-0.2, -0.15) is 4.57 Å². The first kappa shape index (κ1) is 36.5. The molecule has 236 valence electrons. The zero-order chi connectivity index (χ0) is 29.8. The van der Waals surface area contributed by atoms with E-state index in [0.717, 1.165) is 24.9 Å². The summed E-state index contributed by atoms with van der Waals surface area (Å²) in [6, 6.07) is 12.7. The minimum absolute atomic E-state index is 0. The molecule has 0 saturated heterocycles. The first-order chi connectivity index (χ1) is 20.6. The Morgan fingerprint density at radius 1 is 0.791 bits per heavy atom. The van der Waals surface area contributed by atoms with Crippen LogP contribution < -0.4 is 36.9 Å². The van der Waals surface area contributed by atoms with E-state index in [1.807, 2.05) is 35.8 Å². The Kier molecular flexibility index (Phi) is 18.6. The van der Waals surface area contributed by atoms with Crippen molar-refractivity contribution in [1.82, 2.24) is 0 Å². The highest BCUT2D eigenvalue weighted by atomic mass is 79.9. The van der Waals surface area contributed by atoms with Crippen LogP contribution in [0.3, 0.4) is 0 Å². The van der Waals surface area contributed by atoms with E-state index in [2.05, 4.69) is 27.6 Å². The molecule has 0 radical (unpaired) electrons. The lowest BCUT2D eigenvalue weighted by atomic mass is 10.0. The molecule has 0 spiro atoms. The van der Waals surface area contributed by atoms with Gasteiger partial charge >= 0.3 is 6.03 Å². The normalized spacial score (nSPS) is 10.7. The average molecular weight is 673 g/mol. The van der Waals surface area contributed by atoms with Gasteiger partial charge in [0.25, 0.3) is 0 Å². The number of amides is 2. The van der Waals surface area contributed by atoms with Crippen LogP contribution in [-0.4, -0.2) is 18.4 Å². The van der Waals surface area contributed by atoms with Crippen molar-refractivity contribution in [1.29, 1.82) is 0 Å². The molecular formula is C35H50BrN3O3S. The Bertz CT molecular complexity index is 1190. The minimum Gasteiger partial charge on any atom is -1.00 e. The maximum atomic E-state index is 12.8. The van der Waals surface area contributed by atoms with Crippen LogP contribution in [0.1, 0.15) is 120 Å². The lowest BCUT2D eigenvalue weighted by Crippen LogP contribution is -3.00. The van der Waals surface area contributed by atoms with Gasteiger partial charge < -0.3 is 32.4 Å².